The van der Waals surface area contributed by atoms with Gasteiger partial charge in [0, 0.05) is 5.56 Å². The van der Waals surface area contributed by atoms with Crippen LogP contribution in [0.15, 0.2) is 24.3 Å². The van der Waals surface area contributed by atoms with E-state index < -0.39 is 0 Å². The summed E-state index contributed by atoms with van der Waals surface area (Å²) in [5.41, 5.74) is 1.05. The Labute approximate surface area is 74.0 Å². The Morgan fingerprint density at radius 1 is 1.33 bits per heavy atom. The molecular weight excluding hydrogens is 146 g/mol. The molecule has 61 valence electrons. The summed E-state index contributed by atoms with van der Waals surface area (Å²) in [6.45, 7) is 0.804. The third kappa shape index (κ3) is 3.23. The molecule has 1 nitrogen and oxygen atoms in total. The quantitative estimate of drug-likeness (QED) is 0.558. The highest BCUT2D eigenvalue weighted by Gasteiger charge is 1.82. The molecule has 1 aromatic carbocycles. The molecule has 12 heavy (non-hydrogen) atoms. The van der Waals surface area contributed by atoms with Crippen molar-refractivity contribution >= 4 is 0 Å². The van der Waals surface area contributed by atoms with Gasteiger partial charge in [-0.2, -0.15) is 0 Å². The van der Waals surface area contributed by atoms with Gasteiger partial charge in [-0.05, 0) is 32.3 Å². The van der Waals surface area contributed by atoms with Crippen LogP contribution in [0.25, 0.3) is 0 Å². The van der Waals surface area contributed by atoms with Gasteiger partial charge in [0.25, 0.3) is 0 Å². The lowest BCUT2D eigenvalue weighted by molar-refractivity contribution is 0.464. The molecule has 0 amide bonds. The SMILES string of the molecule is CN(C)CC#Cc1cc[c]cc1. The fraction of sp³-hybridized carbons (Fsp3) is 0.273. The summed E-state index contributed by atoms with van der Waals surface area (Å²) in [6, 6.07) is 10.6. The minimum Gasteiger partial charge on any atom is -0.299 e. The normalized spacial score (nSPS) is 9.25. The maximum Gasteiger partial charge on any atom is 0.0600 e. The van der Waals surface area contributed by atoms with Crippen molar-refractivity contribution < 1.29 is 0 Å². The van der Waals surface area contributed by atoms with Crippen molar-refractivity contribution in [1.29, 1.82) is 0 Å². The summed E-state index contributed by atoms with van der Waals surface area (Å²) in [5.74, 6) is 6.13. The Hall–Kier alpha value is -1.26. The molecule has 1 rings (SSSR count). The van der Waals surface area contributed by atoms with E-state index in [0.717, 1.165) is 12.1 Å². The molecule has 0 aliphatic heterocycles. The highest BCUT2D eigenvalue weighted by atomic mass is 15.0. The van der Waals surface area contributed by atoms with Crippen LogP contribution >= 0.6 is 0 Å². The third-order valence-electron chi connectivity index (χ3n) is 1.35. The highest BCUT2D eigenvalue weighted by molar-refractivity contribution is 5.33. The van der Waals surface area contributed by atoms with Gasteiger partial charge < -0.3 is 0 Å². The highest BCUT2D eigenvalue weighted by Crippen LogP contribution is 1.93. The molecule has 0 aromatic heterocycles. The van der Waals surface area contributed by atoms with E-state index in [2.05, 4.69) is 17.9 Å². The van der Waals surface area contributed by atoms with Gasteiger partial charge in [0.05, 0.1) is 6.54 Å². The first-order chi connectivity index (χ1) is 5.79. The van der Waals surface area contributed by atoms with Gasteiger partial charge in [-0.15, -0.1) is 0 Å². The summed E-state index contributed by atoms with van der Waals surface area (Å²) in [5, 5.41) is 0. The van der Waals surface area contributed by atoms with Gasteiger partial charge in [0.15, 0.2) is 0 Å². The van der Waals surface area contributed by atoms with Crippen LogP contribution in [-0.4, -0.2) is 25.5 Å². The van der Waals surface area contributed by atoms with Crippen LogP contribution in [0.2, 0.25) is 0 Å². The molecule has 0 N–H and O–H groups in total. The first-order valence-corrected chi connectivity index (χ1v) is 3.89. The van der Waals surface area contributed by atoms with Crippen molar-refractivity contribution in [1.82, 2.24) is 4.90 Å². The molecule has 1 aromatic rings. The van der Waals surface area contributed by atoms with E-state index in [-0.39, 0.29) is 0 Å². The van der Waals surface area contributed by atoms with Crippen molar-refractivity contribution in [3.05, 3.63) is 35.9 Å². The van der Waals surface area contributed by atoms with Gasteiger partial charge in [0.1, 0.15) is 0 Å². The van der Waals surface area contributed by atoms with Crippen molar-refractivity contribution in [3.63, 3.8) is 0 Å². The van der Waals surface area contributed by atoms with Crippen LogP contribution in [0.4, 0.5) is 0 Å². The van der Waals surface area contributed by atoms with Gasteiger partial charge in [0.2, 0.25) is 0 Å². The molecule has 1 radical (unpaired) electrons. The van der Waals surface area contributed by atoms with E-state index in [1.165, 1.54) is 0 Å². The van der Waals surface area contributed by atoms with Crippen LogP contribution in [0.3, 0.4) is 0 Å². The summed E-state index contributed by atoms with van der Waals surface area (Å²) in [6.07, 6.45) is 0. The van der Waals surface area contributed by atoms with Gasteiger partial charge in [-0.25, -0.2) is 0 Å². The summed E-state index contributed by atoms with van der Waals surface area (Å²) in [7, 11) is 4.01. The Balaban J connectivity index is 2.55. The summed E-state index contributed by atoms with van der Waals surface area (Å²) >= 11 is 0. The van der Waals surface area contributed by atoms with Crippen LogP contribution in [-0.2, 0) is 0 Å². The van der Waals surface area contributed by atoms with E-state index in [9.17, 15) is 0 Å². The monoisotopic (exact) mass is 158 g/mol. The van der Waals surface area contributed by atoms with Crippen LogP contribution < -0.4 is 0 Å². The molecule has 0 saturated carbocycles. The van der Waals surface area contributed by atoms with Crippen LogP contribution in [0.1, 0.15) is 5.56 Å². The van der Waals surface area contributed by atoms with E-state index in [0.29, 0.717) is 0 Å². The molecule has 0 fully saturated rings. The van der Waals surface area contributed by atoms with E-state index in [1.54, 1.807) is 0 Å². The average Bonchev–Trinajstić information content (AvgIpc) is 2.05. The van der Waals surface area contributed by atoms with Crippen molar-refractivity contribution in [2.24, 2.45) is 0 Å². The Bertz CT molecular complexity index is 277. The van der Waals surface area contributed by atoms with Crippen molar-refractivity contribution in [2.75, 3.05) is 20.6 Å². The largest absolute Gasteiger partial charge is 0.299 e. The Kier molecular flexibility index (Phi) is 3.37. The maximum absolute atomic E-state index is 3.06. The molecule has 0 spiro atoms. The van der Waals surface area contributed by atoms with Crippen LogP contribution in [0, 0.1) is 17.9 Å². The second-order valence-corrected chi connectivity index (χ2v) is 2.83. The molecule has 0 saturated heterocycles. The van der Waals surface area contributed by atoms with Crippen molar-refractivity contribution in [2.45, 2.75) is 0 Å². The van der Waals surface area contributed by atoms with Gasteiger partial charge in [-0.1, -0.05) is 24.0 Å². The molecular formula is C11H12N. The lowest BCUT2D eigenvalue weighted by atomic mass is 10.2. The second-order valence-electron chi connectivity index (χ2n) is 2.83. The van der Waals surface area contributed by atoms with E-state index in [4.69, 9.17) is 0 Å². The number of rotatable bonds is 1. The minimum absolute atomic E-state index is 0.804. The third-order valence-corrected chi connectivity index (χ3v) is 1.35. The zero-order chi connectivity index (χ0) is 8.81. The molecule has 1 heteroatoms. The molecule has 0 aliphatic rings. The molecule has 0 aliphatic carbocycles. The number of benzene rings is 1. The molecule has 0 bridgehead atoms. The average molecular weight is 158 g/mol. The zero-order valence-electron chi connectivity index (χ0n) is 7.46. The minimum atomic E-state index is 0.804. The zero-order valence-corrected chi connectivity index (χ0v) is 7.46. The lowest BCUT2D eigenvalue weighted by Crippen LogP contribution is -2.10. The fourth-order valence-electron chi connectivity index (χ4n) is 0.770. The maximum atomic E-state index is 3.06. The lowest BCUT2D eigenvalue weighted by Gasteiger charge is -2.00. The Morgan fingerprint density at radius 2 is 2.00 bits per heavy atom. The predicted molar refractivity (Wildman–Crippen MR) is 50.7 cm³/mol. The number of nitrogens with zero attached hydrogens (tertiary/aromatic N) is 1. The first-order valence-electron chi connectivity index (χ1n) is 3.89. The second kappa shape index (κ2) is 4.58. The van der Waals surface area contributed by atoms with Crippen LogP contribution in [0.5, 0.6) is 0 Å². The van der Waals surface area contributed by atoms with Gasteiger partial charge in [-0.3, -0.25) is 4.90 Å². The molecule has 0 heterocycles. The standard InChI is InChI=1S/C11H12N/c1-12(2)10-6-9-11-7-4-3-5-8-11/h4-5,7-8H,10H2,1-2H3. The van der Waals surface area contributed by atoms with E-state index >= 15 is 0 Å². The van der Waals surface area contributed by atoms with Gasteiger partial charge >= 0.3 is 0 Å². The molecule has 0 unspecified atom stereocenters. The topological polar surface area (TPSA) is 3.24 Å². The number of hydrogen-bond donors (Lipinski definition) is 0. The number of hydrogen-bond acceptors (Lipinski definition) is 1. The molecule has 0 atom stereocenters. The smallest absolute Gasteiger partial charge is 0.0600 e. The summed E-state index contributed by atoms with van der Waals surface area (Å²) in [4.78, 5) is 2.04. The first kappa shape index (κ1) is 8.83. The van der Waals surface area contributed by atoms with Crippen molar-refractivity contribution in [3.8, 4) is 11.8 Å². The Morgan fingerprint density at radius 3 is 2.58 bits per heavy atom. The van der Waals surface area contributed by atoms with E-state index in [1.807, 2.05) is 43.3 Å². The fourth-order valence-corrected chi connectivity index (χ4v) is 0.770. The summed E-state index contributed by atoms with van der Waals surface area (Å²) < 4.78 is 0. The predicted octanol–water partition coefficient (Wildman–Crippen LogP) is 1.40.